The van der Waals surface area contributed by atoms with Crippen LogP contribution in [0.3, 0.4) is 0 Å². The molecule has 8 nitrogen and oxygen atoms in total. The van der Waals surface area contributed by atoms with Crippen molar-refractivity contribution in [3.05, 3.63) is 57.0 Å². The average Bonchev–Trinajstić information content (AvgIpc) is 2.47. The van der Waals surface area contributed by atoms with Gasteiger partial charge in [-0.15, -0.1) is 0 Å². The number of aromatic carboxylic acids is 1. The van der Waals surface area contributed by atoms with Crippen LogP contribution in [0.25, 0.3) is 4.98 Å². The molecule has 0 aliphatic carbocycles. The van der Waals surface area contributed by atoms with Gasteiger partial charge in [-0.2, -0.15) is 0 Å². The van der Waals surface area contributed by atoms with Crippen LogP contribution < -0.4 is 0 Å². The fourth-order valence-electron chi connectivity index (χ4n) is 1.40. The predicted octanol–water partition coefficient (Wildman–Crippen LogP) is 3.47. The Balaban J connectivity index is 0.000000254. The van der Waals surface area contributed by atoms with Crippen molar-refractivity contribution in [2.45, 2.75) is 4.90 Å². The number of carbonyl (C=O) groups is 1. The van der Waals surface area contributed by atoms with Gasteiger partial charge in [0.1, 0.15) is 26.5 Å². The molecular weight excluding hydrogens is 383 g/mol. The fourth-order valence-corrected chi connectivity index (χ4v) is 2.35. The van der Waals surface area contributed by atoms with Crippen LogP contribution in [-0.2, 0) is 10.1 Å². The van der Waals surface area contributed by atoms with Crippen molar-refractivity contribution in [2.75, 3.05) is 0 Å². The summed E-state index contributed by atoms with van der Waals surface area (Å²) in [6, 6.07) is 6.93. The van der Waals surface area contributed by atoms with Crippen molar-refractivity contribution in [3.63, 3.8) is 0 Å². The molecule has 2 rings (SSSR count). The second kappa shape index (κ2) is 7.94. The first-order valence-electron chi connectivity index (χ1n) is 5.88. The molecule has 0 aliphatic rings. The van der Waals surface area contributed by atoms with Crippen LogP contribution in [0.15, 0.2) is 41.3 Å². The molecule has 126 valence electrons. The Hall–Kier alpha value is -2.38. The monoisotopic (exact) mass is 390 g/mol. The summed E-state index contributed by atoms with van der Waals surface area (Å²) in [5, 5.41) is 26.7. The summed E-state index contributed by atoms with van der Waals surface area (Å²) in [6.07, 6.45) is 0. The van der Waals surface area contributed by atoms with Crippen LogP contribution in [-0.4, -0.2) is 29.2 Å². The van der Waals surface area contributed by atoms with Gasteiger partial charge in [-0.05, 0) is 30.3 Å². The highest BCUT2D eigenvalue weighted by molar-refractivity contribution is 7.85. The molecule has 0 amide bonds. The molecule has 2 aromatic carbocycles. The van der Waals surface area contributed by atoms with E-state index in [2.05, 4.69) is 4.98 Å². The normalized spacial score (nSPS) is 10.2. The van der Waals surface area contributed by atoms with Gasteiger partial charge in [0.2, 0.25) is 5.39 Å². The summed E-state index contributed by atoms with van der Waals surface area (Å²) in [5.41, 5.74) is -0.298. The molecule has 0 atom stereocenters. The number of carboxylic acid groups (broad SMARTS) is 1. The van der Waals surface area contributed by atoms with E-state index in [1.165, 1.54) is 12.1 Å². The molecule has 0 unspecified atom stereocenters. The minimum Gasteiger partial charge on any atom is -0.744 e. The van der Waals surface area contributed by atoms with Gasteiger partial charge in [0.15, 0.2) is 4.98 Å². The molecule has 0 heterocycles. The lowest BCUT2D eigenvalue weighted by Crippen LogP contribution is -2.02. The zero-order valence-electron chi connectivity index (χ0n) is 11.6. The van der Waals surface area contributed by atoms with Crippen LogP contribution in [0.1, 0.15) is 10.4 Å². The smallest absolute Gasteiger partial charge is 0.403 e. The molecule has 0 bridgehead atoms. The topological polar surface area (TPSA) is 143 Å². The number of diazo groups is 1. The van der Waals surface area contributed by atoms with Gasteiger partial charge in [0.25, 0.3) is 0 Å². The Labute approximate surface area is 146 Å². The van der Waals surface area contributed by atoms with E-state index in [-0.39, 0.29) is 0 Å². The van der Waals surface area contributed by atoms with Crippen molar-refractivity contribution in [3.8, 4) is 5.75 Å². The average molecular weight is 391 g/mol. The lowest BCUT2D eigenvalue weighted by molar-refractivity contribution is 0.0693. The minimum atomic E-state index is -4.70. The summed E-state index contributed by atoms with van der Waals surface area (Å²) in [4.78, 5) is 12.7. The fraction of sp³-hybridized carbons (Fsp3) is 0. The van der Waals surface area contributed by atoms with E-state index < -0.39 is 32.3 Å². The Bertz CT molecular complexity index is 925. The van der Waals surface area contributed by atoms with Gasteiger partial charge < -0.3 is 14.8 Å². The van der Waals surface area contributed by atoms with Crippen molar-refractivity contribution in [2.24, 2.45) is 0 Å². The molecule has 0 saturated carbocycles. The van der Waals surface area contributed by atoms with Crippen molar-refractivity contribution < 1.29 is 28.0 Å². The molecule has 0 saturated heterocycles. The zero-order valence-corrected chi connectivity index (χ0v) is 13.9. The van der Waals surface area contributed by atoms with Gasteiger partial charge in [0.05, 0.1) is 4.90 Å². The van der Waals surface area contributed by atoms with Crippen LogP contribution in [0.2, 0.25) is 10.0 Å². The third-order valence-electron chi connectivity index (χ3n) is 2.50. The number of phenols is 1. The third-order valence-corrected chi connectivity index (χ3v) is 3.87. The number of carboxylic acids is 1. The second-order valence-corrected chi connectivity index (χ2v) is 6.36. The quantitative estimate of drug-likeness (QED) is 0.589. The van der Waals surface area contributed by atoms with Crippen molar-refractivity contribution in [1.29, 1.82) is 5.39 Å². The molecule has 0 fully saturated rings. The van der Waals surface area contributed by atoms with Crippen LogP contribution >= 0.6 is 23.2 Å². The number of hydrogen-bond acceptors (Lipinski definition) is 6. The van der Waals surface area contributed by atoms with Crippen molar-refractivity contribution in [1.82, 2.24) is 0 Å². The first-order valence-corrected chi connectivity index (χ1v) is 8.05. The summed E-state index contributed by atoms with van der Waals surface area (Å²) >= 11 is 11.2. The predicted molar refractivity (Wildman–Crippen MR) is 84.2 cm³/mol. The third kappa shape index (κ3) is 5.36. The van der Waals surface area contributed by atoms with Crippen molar-refractivity contribution >= 4 is 45.0 Å². The van der Waals surface area contributed by atoms with Gasteiger partial charge in [-0.3, -0.25) is 0 Å². The lowest BCUT2D eigenvalue weighted by atomic mass is 10.2. The maximum Gasteiger partial charge on any atom is 0.403 e. The summed E-state index contributed by atoms with van der Waals surface area (Å²) in [7, 11) is -4.70. The number of halogens is 2. The Kier molecular flexibility index (Phi) is 6.51. The first-order chi connectivity index (χ1) is 11.1. The van der Waals surface area contributed by atoms with E-state index in [1.807, 2.05) is 0 Å². The standard InChI is InChI=1S/C7H6O6S.C6H3Cl2N2/c8-6-2-1-4(14(11,12)13)3-5(6)7(9)10;7-4-1-2-6(10-9)5(8)3-4/h1-3,8H,(H,9,10)(H,11,12,13);1-3H/q;+1/p-1. The Morgan fingerprint density at radius 3 is 2.25 bits per heavy atom. The zero-order chi connectivity index (χ0) is 18.5. The van der Waals surface area contributed by atoms with Crippen LogP contribution in [0.5, 0.6) is 5.75 Å². The Morgan fingerprint density at radius 2 is 1.79 bits per heavy atom. The van der Waals surface area contributed by atoms with Gasteiger partial charge in [0, 0.05) is 11.1 Å². The molecule has 2 N–H and O–H groups in total. The summed E-state index contributed by atoms with van der Waals surface area (Å²) in [5.74, 6) is -2.10. The van der Waals surface area contributed by atoms with E-state index in [0.717, 1.165) is 12.1 Å². The molecule has 24 heavy (non-hydrogen) atoms. The van der Waals surface area contributed by atoms with E-state index in [4.69, 9.17) is 38.8 Å². The van der Waals surface area contributed by atoms with Crippen LogP contribution in [0, 0.1) is 5.39 Å². The number of hydrogen-bond donors (Lipinski definition) is 2. The second-order valence-electron chi connectivity index (χ2n) is 4.13. The molecule has 0 aromatic heterocycles. The lowest BCUT2D eigenvalue weighted by Gasteiger charge is -2.08. The summed E-state index contributed by atoms with van der Waals surface area (Å²) in [6.45, 7) is 0. The van der Waals surface area contributed by atoms with E-state index in [0.29, 0.717) is 21.8 Å². The first kappa shape index (κ1) is 19.7. The number of aromatic hydroxyl groups is 1. The summed E-state index contributed by atoms with van der Waals surface area (Å²) < 4.78 is 31.5. The van der Waals surface area contributed by atoms with E-state index in [9.17, 15) is 17.8 Å². The van der Waals surface area contributed by atoms with Gasteiger partial charge >= 0.3 is 11.7 Å². The maximum atomic E-state index is 10.5. The molecule has 11 heteroatoms. The highest BCUT2D eigenvalue weighted by Gasteiger charge is 2.12. The largest absolute Gasteiger partial charge is 0.744 e. The van der Waals surface area contributed by atoms with E-state index in [1.54, 1.807) is 6.07 Å². The molecule has 2 aromatic rings. The minimum absolute atomic E-state index is 0.325. The Morgan fingerprint density at radius 1 is 1.17 bits per heavy atom. The molecule has 0 radical (unpaired) electrons. The highest BCUT2D eigenvalue weighted by Crippen LogP contribution is 2.27. The molecular formula is C13H8Cl2N2O6S. The SMILES string of the molecule is N#[N+]c1ccc(Cl)cc1Cl.O=C(O)c1cc(S(=O)(=O)[O-])ccc1O. The number of benzene rings is 2. The van der Waals surface area contributed by atoms with Gasteiger partial charge in [-0.25, -0.2) is 13.2 Å². The van der Waals surface area contributed by atoms with Gasteiger partial charge in [-0.1, -0.05) is 23.2 Å². The molecule has 0 aliphatic heterocycles. The van der Waals surface area contributed by atoms with Crippen LogP contribution in [0.4, 0.5) is 5.69 Å². The van der Waals surface area contributed by atoms with E-state index >= 15 is 0 Å². The number of rotatable bonds is 2. The number of nitrogens with zero attached hydrogens (tertiary/aromatic N) is 2. The molecule has 0 spiro atoms. The highest BCUT2D eigenvalue weighted by atomic mass is 35.5. The maximum absolute atomic E-state index is 10.5.